The van der Waals surface area contributed by atoms with E-state index in [1.807, 2.05) is 45.9 Å². The number of nitrogens with zero attached hydrogens (tertiary/aromatic N) is 1. The molecule has 3 aliphatic carbocycles. The Morgan fingerprint density at radius 1 is 1.08 bits per heavy atom. The number of ketones is 2. The van der Waals surface area contributed by atoms with E-state index in [-0.39, 0.29) is 46.2 Å². The topological polar surface area (TPSA) is 96.3 Å². The predicted molar refractivity (Wildman–Crippen MR) is 143 cm³/mol. The fourth-order valence-electron chi connectivity index (χ4n) is 7.49. The van der Waals surface area contributed by atoms with Gasteiger partial charge in [-0.3, -0.25) is 9.59 Å². The van der Waals surface area contributed by atoms with Gasteiger partial charge >= 0.3 is 0 Å². The molecule has 5 atom stereocenters. The molecule has 0 amide bonds. The highest BCUT2D eigenvalue weighted by atomic mass is 16.6. The van der Waals surface area contributed by atoms with Gasteiger partial charge in [0.25, 0.3) is 0 Å². The number of Topliss-reactive ketones (excluding diaryl/α,β-unsaturated/α-hetero) is 2. The van der Waals surface area contributed by atoms with Crippen LogP contribution in [-0.2, 0) is 16.0 Å². The summed E-state index contributed by atoms with van der Waals surface area (Å²) in [6, 6.07) is 1.22. The monoisotopic (exact) mass is 519 g/mol. The van der Waals surface area contributed by atoms with Crippen molar-refractivity contribution in [3.63, 3.8) is 0 Å². The van der Waals surface area contributed by atoms with Crippen molar-refractivity contribution in [2.24, 2.45) is 17.8 Å². The molecule has 0 radical (unpaired) electrons. The lowest BCUT2D eigenvalue weighted by Crippen LogP contribution is -2.74. The average molecular weight is 520 g/mol. The fraction of sp³-hybridized carbons (Fsp3) is 0.548. The van der Waals surface area contributed by atoms with E-state index in [0.29, 0.717) is 30.6 Å². The van der Waals surface area contributed by atoms with Gasteiger partial charge in [-0.2, -0.15) is 0 Å². The van der Waals surface area contributed by atoms with E-state index < -0.39 is 17.1 Å². The molecule has 0 unspecified atom stereocenters. The van der Waals surface area contributed by atoms with Gasteiger partial charge < -0.3 is 24.6 Å². The highest BCUT2D eigenvalue weighted by Gasteiger charge is 2.79. The van der Waals surface area contributed by atoms with Crippen molar-refractivity contribution in [2.45, 2.75) is 64.6 Å². The SMILES string of the molecule is CC(C)=CCc1c(O)cc(O)c2c1O[C@@]13C(=C[C@H]4C(=O)[C@]1(CC=C(C)C)OC[C@@H]3[C@H]4CN1CCCC1)C2=O. The van der Waals surface area contributed by atoms with Gasteiger partial charge in [0.2, 0.25) is 0 Å². The van der Waals surface area contributed by atoms with Gasteiger partial charge in [-0.15, -0.1) is 0 Å². The molecule has 1 spiro atoms. The van der Waals surface area contributed by atoms with Gasteiger partial charge in [-0.25, -0.2) is 0 Å². The highest BCUT2D eigenvalue weighted by Crippen LogP contribution is 2.65. The van der Waals surface area contributed by atoms with Crippen LogP contribution in [-0.4, -0.2) is 64.1 Å². The van der Waals surface area contributed by atoms with Crippen LogP contribution in [0.2, 0.25) is 0 Å². The molecule has 3 fully saturated rings. The molecule has 7 heteroatoms. The maximum absolute atomic E-state index is 14.3. The number of hydrogen-bond acceptors (Lipinski definition) is 7. The van der Waals surface area contributed by atoms with Crippen LogP contribution >= 0.6 is 0 Å². The molecule has 3 heterocycles. The van der Waals surface area contributed by atoms with Gasteiger partial charge in [0, 0.05) is 42.0 Å². The number of carbonyl (C=O) groups is 2. The fourth-order valence-corrected chi connectivity index (χ4v) is 7.49. The van der Waals surface area contributed by atoms with Crippen molar-refractivity contribution in [3.05, 3.63) is 52.1 Å². The van der Waals surface area contributed by atoms with Crippen molar-refractivity contribution >= 4 is 11.6 Å². The first-order chi connectivity index (χ1) is 18.1. The van der Waals surface area contributed by atoms with Crippen LogP contribution < -0.4 is 4.74 Å². The molecule has 2 saturated heterocycles. The second-order valence-corrected chi connectivity index (χ2v) is 12.1. The van der Waals surface area contributed by atoms with E-state index in [1.54, 1.807) is 0 Å². The number of phenols is 2. The maximum atomic E-state index is 14.3. The Balaban J connectivity index is 1.57. The number of likely N-dealkylation sites (tertiary alicyclic amines) is 1. The van der Waals surface area contributed by atoms with Crippen LogP contribution in [0.4, 0.5) is 0 Å². The summed E-state index contributed by atoms with van der Waals surface area (Å²) in [4.78, 5) is 31.0. The van der Waals surface area contributed by atoms with Crippen LogP contribution in [0.5, 0.6) is 17.2 Å². The van der Waals surface area contributed by atoms with E-state index in [2.05, 4.69) is 4.90 Å². The minimum absolute atomic E-state index is 0.0248. The minimum atomic E-state index is -1.33. The third kappa shape index (κ3) is 3.34. The number of benzene rings is 1. The Morgan fingerprint density at radius 3 is 2.47 bits per heavy atom. The first-order valence-electron chi connectivity index (χ1n) is 13.8. The summed E-state index contributed by atoms with van der Waals surface area (Å²) in [5.74, 6) is -1.31. The lowest BCUT2D eigenvalue weighted by molar-refractivity contribution is -0.171. The first kappa shape index (κ1) is 25.4. The number of carbonyl (C=O) groups excluding carboxylic acids is 2. The third-order valence-electron chi connectivity index (χ3n) is 9.31. The number of aromatic hydroxyl groups is 2. The Bertz CT molecular complexity index is 1310. The summed E-state index contributed by atoms with van der Waals surface area (Å²) in [5, 5.41) is 21.7. The second kappa shape index (κ2) is 8.82. The molecule has 3 aliphatic heterocycles. The number of allylic oxidation sites excluding steroid dienone is 4. The predicted octanol–water partition coefficient (Wildman–Crippen LogP) is 4.51. The second-order valence-electron chi connectivity index (χ2n) is 12.1. The summed E-state index contributed by atoms with van der Waals surface area (Å²) >= 11 is 0. The highest BCUT2D eigenvalue weighted by molar-refractivity contribution is 6.18. The molecule has 7 rings (SSSR count). The van der Waals surface area contributed by atoms with Crippen LogP contribution in [0.15, 0.2) is 41.0 Å². The molecule has 1 aromatic rings. The summed E-state index contributed by atoms with van der Waals surface area (Å²) < 4.78 is 13.5. The largest absolute Gasteiger partial charge is 0.507 e. The van der Waals surface area contributed by atoms with E-state index in [1.165, 1.54) is 6.07 Å². The van der Waals surface area contributed by atoms with Crippen LogP contribution in [0.1, 0.15) is 62.9 Å². The van der Waals surface area contributed by atoms with E-state index >= 15 is 0 Å². The van der Waals surface area contributed by atoms with Crippen molar-refractivity contribution in [1.82, 2.24) is 4.90 Å². The molecule has 2 N–H and O–H groups in total. The minimum Gasteiger partial charge on any atom is -0.507 e. The Hall–Kier alpha value is -2.90. The molecule has 202 valence electrons. The lowest BCUT2D eigenvalue weighted by Gasteiger charge is -2.58. The smallest absolute Gasteiger partial charge is 0.200 e. The molecule has 1 aromatic carbocycles. The van der Waals surface area contributed by atoms with Crippen molar-refractivity contribution in [3.8, 4) is 17.2 Å². The van der Waals surface area contributed by atoms with Gasteiger partial charge in [-0.1, -0.05) is 29.4 Å². The van der Waals surface area contributed by atoms with Crippen LogP contribution in [0.25, 0.3) is 0 Å². The summed E-state index contributed by atoms with van der Waals surface area (Å²) in [5.41, 5.74) is 0.393. The number of ether oxygens (including phenoxy) is 2. The van der Waals surface area contributed by atoms with Gasteiger partial charge in [0.05, 0.1) is 6.61 Å². The number of rotatable bonds is 6. The molecule has 6 aliphatic rings. The Labute approximate surface area is 223 Å². The molecule has 38 heavy (non-hydrogen) atoms. The maximum Gasteiger partial charge on any atom is 0.200 e. The van der Waals surface area contributed by atoms with Gasteiger partial charge in [0.1, 0.15) is 22.8 Å². The van der Waals surface area contributed by atoms with E-state index in [0.717, 1.165) is 43.6 Å². The quantitative estimate of drug-likeness (QED) is 0.534. The summed E-state index contributed by atoms with van der Waals surface area (Å²) in [7, 11) is 0. The van der Waals surface area contributed by atoms with Crippen molar-refractivity contribution < 1.29 is 29.3 Å². The molecule has 4 bridgehead atoms. The molecule has 1 saturated carbocycles. The Morgan fingerprint density at radius 2 is 1.79 bits per heavy atom. The normalized spacial score (nSPS) is 32.9. The summed E-state index contributed by atoms with van der Waals surface area (Å²) in [6.45, 7) is 11.0. The zero-order chi connectivity index (χ0) is 27.0. The number of hydrogen-bond donors (Lipinski definition) is 2. The molecular weight excluding hydrogens is 482 g/mol. The van der Waals surface area contributed by atoms with Crippen LogP contribution in [0.3, 0.4) is 0 Å². The third-order valence-corrected chi connectivity index (χ3v) is 9.31. The number of fused-ring (bicyclic) bond motifs is 1. The number of phenolic OH excluding ortho intramolecular Hbond substituents is 2. The molecule has 0 aromatic heterocycles. The van der Waals surface area contributed by atoms with Crippen molar-refractivity contribution in [2.75, 3.05) is 26.2 Å². The van der Waals surface area contributed by atoms with E-state index in [9.17, 15) is 19.8 Å². The molecular formula is C31H37NO6. The first-order valence-corrected chi connectivity index (χ1v) is 13.8. The van der Waals surface area contributed by atoms with Crippen molar-refractivity contribution in [1.29, 1.82) is 0 Å². The molecule has 7 nitrogen and oxygen atoms in total. The lowest BCUT2D eigenvalue weighted by atomic mass is 9.49. The van der Waals surface area contributed by atoms with Gasteiger partial charge in [0.15, 0.2) is 22.8 Å². The summed E-state index contributed by atoms with van der Waals surface area (Å²) in [6.07, 6.45) is 8.71. The standard InChI is InChI=1S/C31H37NO6/c1-17(2)7-8-19-24(33)14-25(34)26-27(35)22-13-20-21(15-32-11-5-6-12-32)23-16-37-30(29(20)36,10-9-18(3)4)31(22,23)38-28(19)26/h7,9,13-14,20-21,23,33-34H,5-6,8,10-12,15-16H2,1-4H3/t20-,21+,23-,30+,31-/m1/s1. The van der Waals surface area contributed by atoms with Gasteiger partial charge in [-0.05, 0) is 66.0 Å². The van der Waals surface area contributed by atoms with Crippen LogP contribution in [0, 0.1) is 17.8 Å². The zero-order valence-electron chi connectivity index (χ0n) is 22.7. The van der Waals surface area contributed by atoms with E-state index in [4.69, 9.17) is 9.47 Å². The zero-order valence-corrected chi connectivity index (χ0v) is 22.7. The average Bonchev–Trinajstić information content (AvgIpc) is 3.46. The Kier molecular flexibility index (Phi) is 5.89.